The fourth-order valence-corrected chi connectivity index (χ4v) is 4.11. The monoisotopic (exact) mass is 354 g/mol. The van der Waals surface area contributed by atoms with Gasteiger partial charge in [-0.15, -0.1) is 0 Å². The Morgan fingerprint density at radius 3 is 2.87 bits per heavy atom. The lowest BCUT2D eigenvalue weighted by Crippen LogP contribution is -2.50. The Morgan fingerprint density at radius 2 is 2.22 bits per heavy atom. The summed E-state index contributed by atoms with van der Waals surface area (Å²) < 4.78 is 5.39. The maximum absolute atomic E-state index is 12.3. The lowest BCUT2D eigenvalue weighted by molar-refractivity contribution is -0.142. The smallest absolute Gasteiger partial charge is 0.226 e. The Labute approximate surface area is 144 Å². The summed E-state index contributed by atoms with van der Waals surface area (Å²) in [5, 5.41) is 20.1. The Morgan fingerprint density at radius 1 is 1.48 bits per heavy atom. The van der Waals surface area contributed by atoms with Crippen LogP contribution >= 0.6 is 23.2 Å². The molecule has 2 aliphatic heterocycles. The molecule has 0 aromatic heterocycles. The van der Waals surface area contributed by atoms with Crippen molar-refractivity contribution >= 4 is 29.1 Å². The van der Waals surface area contributed by atoms with Gasteiger partial charge in [-0.25, -0.2) is 0 Å². The SMILES string of the molecule is COc1ccc(Cl)c(Cl)c1[C@H]1C[C@H]2CC(O)(C#N)CC(=O)N2C1. The van der Waals surface area contributed by atoms with Crippen LogP contribution in [0.15, 0.2) is 12.1 Å². The van der Waals surface area contributed by atoms with Gasteiger partial charge in [-0.2, -0.15) is 5.26 Å². The molecule has 0 spiro atoms. The fourth-order valence-electron chi connectivity index (χ4n) is 3.63. The minimum Gasteiger partial charge on any atom is -0.496 e. The highest BCUT2D eigenvalue weighted by atomic mass is 35.5. The molecule has 1 aromatic carbocycles. The summed E-state index contributed by atoms with van der Waals surface area (Å²) in [6, 6.07) is 5.11. The number of amides is 1. The lowest BCUT2D eigenvalue weighted by atomic mass is 9.86. The van der Waals surface area contributed by atoms with Crippen molar-refractivity contribution < 1.29 is 14.6 Å². The number of ether oxygens (including phenoxy) is 1. The van der Waals surface area contributed by atoms with Crippen LogP contribution in [0.5, 0.6) is 5.75 Å². The zero-order chi connectivity index (χ0) is 16.8. The number of nitriles is 1. The number of hydrogen-bond acceptors (Lipinski definition) is 4. The molecule has 0 radical (unpaired) electrons. The average molecular weight is 355 g/mol. The lowest BCUT2D eigenvalue weighted by Gasteiger charge is -2.36. The number of fused-ring (bicyclic) bond motifs is 1. The number of nitrogens with zero attached hydrogens (tertiary/aromatic N) is 2. The summed E-state index contributed by atoms with van der Waals surface area (Å²) in [5.74, 6) is 0.392. The van der Waals surface area contributed by atoms with E-state index in [1.54, 1.807) is 24.1 Å². The molecule has 2 saturated heterocycles. The molecule has 2 aliphatic rings. The van der Waals surface area contributed by atoms with E-state index in [4.69, 9.17) is 33.2 Å². The van der Waals surface area contributed by atoms with Crippen LogP contribution in [0.4, 0.5) is 0 Å². The number of piperidine rings is 1. The van der Waals surface area contributed by atoms with E-state index in [0.717, 1.165) is 5.56 Å². The zero-order valence-corrected chi connectivity index (χ0v) is 14.1. The van der Waals surface area contributed by atoms with E-state index in [1.807, 2.05) is 6.07 Å². The number of carbonyl (C=O) groups is 1. The molecule has 23 heavy (non-hydrogen) atoms. The van der Waals surface area contributed by atoms with Crippen LogP contribution in [0.1, 0.15) is 30.7 Å². The van der Waals surface area contributed by atoms with Gasteiger partial charge in [-0.3, -0.25) is 4.79 Å². The largest absolute Gasteiger partial charge is 0.496 e. The van der Waals surface area contributed by atoms with Crippen LogP contribution in [0, 0.1) is 11.3 Å². The maximum Gasteiger partial charge on any atom is 0.226 e. The molecule has 122 valence electrons. The van der Waals surface area contributed by atoms with Crippen LogP contribution in [-0.4, -0.2) is 41.2 Å². The summed E-state index contributed by atoms with van der Waals surface area (Å²) >= 11 is 12.5. The molecule has 3 atom stereocenters. The summed E-state index contributed by atoms with van der Waals surface area (Å²) in [6.07, 6.45) is 0.714. The highest BCUT2D eigenvalue weighted by Crippen LogP contribution is 2.46. The number of carbonyl (C=O) groups excluding carboxylic acids is 1. The molecule has 1 amide bonds. The molecule has 0 aliphatic carbocycles. The van der Waals surface area contributed by atoms with Gasteiger partial charge < -0.3 is 14.7 Å². The first-order valence-electron chi connectivity index (χ1n) is 7.33. The van der Waals surface area contributed by atoms with Crippen LogP contribution < -0.4 is 4.74 Å². The third kappa shape index (κ3) is 2.76. The summed E-state index contributed by atoms with van der Waals surface area (Å²) in [7, 11) is 1.56. The van der Waals surface area contributed by atoms with Gasteiger partial charge in [0.15, 0.2) is 5.60 Å². The zero-order valence-electron chi connectivity index (χ0n) is 12.6. The fraction of sp³-hybridized carbons (Fsp3) is 0.500. The third-order valence-electron chi connectivity index (χ3n) is 4.68. The van der Waals surface area contributed by atoms with E-state index >= 15 is 0 Å². The van der Waals surface area contributed by atoms with Gasteiger partial charge in [0.1, 0.15) is 5.75 Å². The van der Waals surface area contributed by atoms with Crippen LogP contribution in [-0.2, 0) is 4.79 Å². The predicted octanol–water partition coefficient (Wildman–Crippen LogP) is 2.73. The summed E-state index contributed by atoms with van der Waals surface area (Å²) in [4.78, 5) is 14.0. The van der Waals surface area contributed by atoms with Crippen molar-refractivity contribution in [3.8, 4) is 11.8 Å². The molecule has 0 saturated carbocycles. The number of aliphatic hydroxyl groups is 1. The van der Waals surface area contributed by atoms with Gasteiger partial charge in [-0.1, -0.05) is 23.2 Å². The molecule has 1 unspecified atom stereocenters. The number of hydrogen-bond donors (Lipinski definition) is 1. The highest BCUT2D eigenvalue weighted by Gasteiger charge is 2.48. The van der Waals surface area contributed by atoms with Gasteiger partial charge in [0.25, 0.3) is 0 Å². The molecule has 2 fully saturated rings. The van der Waals surface area contributed by atoms with Gasteiger partial charge >= 0.3 is 0 Å². The standard InChI is InChI=1S/C16H16Cl2N2O3/c1-23-12-3-2-11(17)15(18)14(12)9-4-10-5-16(22,8-19)6-13(21)20(10)7-9/h2-3,9-10,22H,4-7H2,1H3/t9-,10-,16?/m0/s1. The van der Waals surface area contributed by atoms with E-state index in [-0.39, 0.29) is 30.7 Å². The van der Waals surface area contributed by atoms with Gasteiger partial charge in [0, 0.05) is 30.5 Å². The summed E-state index contributed by atoms with van der Waals surface area (Å²) in [6.45, 7) is 0.488. The molecule has 5 nitrogen and oxygen atoms in total. The van der Waals surface area contributed by atoms with Gasteiger partial charge in [-0.05, 0) is 18.6 Å². The van der Waals surface area contributed by atoms with Crippen molar-refractivity contribution in [1.29, 1.82) is 5.26 Å². The molecule has 0 bridgehead atoms. The molecular formula is C16H16Cl2N2O3. The van der Waals surface area contributed by atoms with Crippen molar-refractivity contribution in [2.45, 2.75) is 36.8 Å². The van der Waals surface area contributed by atoms with Crippen LogP contribution in [0.3, 0.4) is 0 Å². The molecule has 1 aromatic rings. The molecular weight excluding hydrogens is 339 g/mol. The first-order chi connectivity index (χ1) is 10.9. The first kappa shape index (κ1) is 16.4. The Hall–Kier alpha value is -1.48. The molecule has 1 N–H and O–H groups in total. The Balaban J connectivity index is 1.93. The quantitative estimate of drug-likeness (QED) is 0.828. The van der Waals surface area contributed by atoms with E-state index in [1.165, 1.54) is 0 Å². The third-order valence-corrected chi connectivity index (χ3v) is 5.50. The second-order valence-electron chi connectivity index (χ2n) is 6.13. The molecule has 7 heteroatoms. The van der Waals surface area contributed by atoms with Crippen molar-refractivity contribution in [2.24, 2.45) is 0 Å². The minimum atomic E-state index is -1.57. The number of methoxy groups -OCH3 is 1. The van der Waals surface area contributed by atoms with E-state index < -0.39 is 5.60 Å². The Bertz CT molecular complexity index is 703. The maximum atomic E-state index is 12.3. The van der Waals surface area contributed by atoms with Crippen molar-refractivity contribution in [2.75, 3.05) is 13.7 Å². The number of halogens is 2. The first-order valence-corrected chi connectivity index (χ1v) is 8.09. The van der Waals surface area contributed by atoms with Gasteiger partial charge in [0.05, 0.1) is 29.6 Å². The highest BCUT2D eigenvalue weighted by molar-refractivity contribution is 6.42. The molecule has 3 rings (SSSR count). The predicted molar refractivity (Wildman–Crippen MR) is 85.7 cm³/mol. The average Bonchev–Trinajstić information content (AvgIpc) is 2.93. The van der Waals surface area contributed by atoms with E-state index in [9.17, 15) is 9.90 Å². The minimum absolute atomic E-state index is 0.0360. The number of rotatable bonds is 2. The second-order valence-corrected chi connectivity index (χ2v) is 6.92. The van der Waals surface area contributed by atoms with Crippen molar-refractivity contribution in [1.82, 2.24) is 4.90 Å². The van der Waals surface area contributed by atoms with Crippen molar-refractivity contribution in [3.63, 3.8) is 0 Å². The van der Waals surface area contributed by atoms with E-state index in [0.29, 0.717) is 28.8 Å². The Kier molecular flexibility index (Phi) is 4.18. The number of benzene rings is 1. The van der Waals surface area contributed by atoms with E-state index in [2.05, 4.69) is 0 Å². The van der Waals surface area contributed by atoms with Crippen LogP contribution in [0.2, 0.25) is 10.0 Å². The van der Waals surface area contributed by atoms with Gasteiger partial charge in [0.2, 0.25) is 5.91 Å². The molecule has 2 heterocycles. The van der Waals surface area contributed by atoms with Crippen molar-refractivity contribution in [3.05, 3.63) is 27.7 Å². The topological polar surface area (TPSA) is 73.6 Å². The van der Waals surface area contributed by atoms with Crippen LogP contribution in [0.25, 0.3) is 0 Å². The normalized spacial score (nSPS) is 30.0. The summed E-state index contributed by atoms with van der Waals surface area (Å²) in [5.41, 5.74) is -0.792. The second kappa shape index (κ2) is 5.86.